The second kappa shape index (κ2) is 15.7. The molecule has 4 aliphatic rings. The Morgan fingerprint density at radius 3 is 1.61 bits per heavy atom. The predicted octanol–water partition coefficient (Wildman–Crippen LogP) is 9.02. The fourth-order valence-corrected chi connectivity index (χ4v) is 19.9. The third kappa shape index (κ3) is 7.45. The van der Waals surface area contributed by atoms with Gasteiger partial charge in [0.2, 0.25) is 0 Å². The molecule has 0 nitrogen and oxygen atoms in total. The molecule has 0 heterocycles. The van der Waals surface area contributed by atoms with Gasteiger partial charge < -0.3 is 24.8 Å². The van der Waals surface area contributed by atoms with Crippen LogP contribution in [0.2, 0.25) is 10.0 Å². The van der Waals surface area contributed by atoms with Gasteiger partial charge in [-0.3, -0.25) is 0 Å². The number of hydrogen-bond acceptors (Lipinski definition) is 0. The molecule has 4 aliphatic carbocycles. The van der Waals surface area contributed by atoms with Crippen molar-refractivity contribution >= 4 is 37.6 Å². The molecular weight excluding hydrogens is 846 g/mol. The summed E-state index contributed by atoms with van der Waals surface area (Å²) in [5, 5.41) is 1.56. The van der Waals surface area contributed by atoms with Gasteiger partial charge in [-0.25, -0.2) is 0 Å². The maximum Gasteiger partial charge on any atom is -1.00 e. The number of benzene rings is 4. The maximum absolute atomic E-state index is 6.94. The summed E-state index contributed by atoms with van der Waals surface area (Å²) in [7, 11) is 0. The van der Waals surface area contributed by atoms with Crippen molar-refractivity contribution in [2.75, 3.05) is 0 Å². The fraction of sp³-hybridized carbons (Fsp3) is 0.353. The number of unbranched alkanes of at least 4 members (excludes halogenated alkanes) is 1. The minimum Gasteiger partial charge on any atom is -1.00 e. The molecule has 1 unspecified atom stereocenters. The minimum atomic E-state index is -3.17. The van der Waals surface area contributed by atoms with Gasteiger partial charge >= 0.3 is 345 Å². The first-order chi connectivity index (χ1) is 25.5. The first kappa shape index (κ1) is 43.3. The largest absolute Gasteiger partial charge is 1.00 e. The topological polar surface area (TPSA) is 0 Å². The Balaban J connectivity index is 0.00000266. The molecular formula is C51H54Cl4Zr. The summed E-state index contributed by atoms with van der Waals surface area (Å²) >= 11 is 10.7. The van der Waals surface area contributed by atoms with Gasteiger partial charge in [-0.2, -0.15) is 0 Å². The van der Waals surface area contributed by atoms with Crippen molar-refractivity contribution in [1.29, 1.82) is 0 Å². The Labute approximate surface area is 366 Å². The van der Waals surface area contributed by atoms with Crippen molar-refractivity contribution in [3.8, 4) is 11.1 Å². The second-order valence-electron chi connectivity index (χ2n) is 18.5. The van der Waals surface area contributed by atoms with Crippen LogP contribution in [0.15, 0.2) is 106 Å². The monoisotopic (exact) mass is 896 g/mol. The standard InChI is InChI=1S/C25H25.C13H8Cl2.C13H21.2ClH.Zr/c1-14-12-24(3,4)22-8-16-7-17-9-23-19(15(2)13-25(23,5)6)11-21(17)20(16)10-18(14)22;14-12-5-1-3-10(8-12)7-11-4-2-6-13(15)9-11;1-5-6-7-11-8-9-12(10-11)13(2,3)4;;;/h7-13H,1-6H3;1-6,8-9H;9-11H,5-7H2,1-4H3;2*1H;/q;;;;;+2/p-2. The molecule has 0 N–H and O–H groups in total. The predicted molar refractivity (Wildman–Crippen MR) is 232 cm³/mol. The van der Waals surface area contributed by atoms with E-state index in [1.165, 1.54) is 94.8 Å². The summed E-state index contributed by atoms with van der Waals surface area (Å²) < 4.78 is 3.47. The summed E-state index contributed by atoms with van der Waals surface area (Å²) in [6, 6.07) is 27.9. The Hall–Kier alpha value is -2.25. The molecule has 5 heteroatoms. The van der Waals surface area contributed by atoms with Gasteiger partial charge in [0, 0.05) is 0 Å². The molecule has 0 spiro atoms. The average molecular weight is 900 g/mol. The van der Waals surface area contributed by atoms with Crippen molar-refractivity contribution in [2.24, 2.45) is 11.3 Å². The van der Waals surface area contributed by atoms with Crippen LogP contribution in [0.3, 0.4) is 0 Å². The van der Waals surface area contributed by atoms with Gasteiger partial charge in [0.05, 0.1) is 0 Å². The molecule has 56 heavy (non-hydrogen) atoms. The molecule has 0 aromatic heterocycles. The summed E-state index contributed by atoms with van der Waals surface area (Å²) in [6.07, 6.45) is 13.9. The van der Waals surface area contributed by atoms with E-state index in [0.29, 0.717) is 5.92 Å². The zero-order valence-electron chi connectivity index (χ0n) is 34.5. The van der Waals surface area contributed by atoms with E-state index < -0.39 is 21.3 Å². The van der Waals surface area contributed by atoms with Gasteiger partial charge in [-0.05, 0) is 0 Å². The second-order valence-corrected chi connectivity index (χ2v) is 25.5. The molecule has 8 rings (SSSR count). The molecule has 0 amide bonds. The van der Waals surface area contributed by atoms with Crippen LogP contribution in [0.4, 0.5) is 0 Å². The van der Waals surface area contributed by atoms with Crippen LogP contribution in [-0.4, -0.2) is 3.21 Å². The molecule has 0 fully saturated rings. The first-order valence-electron chi connectivity index (χ1n) is 20.0. The third-order valence-corrected chi connectivity index (χ3v) is 21.6. The fourth-order valence-electron chi connectivity index (χ4n) is 10.0. The minimum absolute atomic E-state index is 0. The smallest absolute Gasteiger partial charge is 1.00 e. The first-order valence-corrected chi connectivity index (χ1v) is 24.6. The van der Waals surface area contributed by atoms with Crippen molar-refractivity contribution in [1.82, 2.24) is 0 Å². The van der Waals surface area contributed by atoms with E-state index in [1.54, 1.807) is 3.28 Å². The Morgan fingerprint density at radius 1 is 0.696 bits per heavy atom. The normalized spacial score (nSPS) is 18.2. The van der Waals surface area contributed by atoms with E-state index in [-0.39, 0.29) is 44.7 Å². The van der Waals surface area contributed by atoms with E-state index in [9.17, 15) is 0 Å². The van der Waals surface area contributed by atoms with Gasteiger partial charge in [0.25, 0.3) is 0 Å². The van der Waals surface area contributed by atoms with E-state index in [2.05, 4.69) is 154 Å². The van der Waals surface area contributed by atoms with Gasteiger partial charge in [0.15, 0.2) is 0 Å². The van der Waals surface area contributed by atoms with Crippen LogP contribution in [0, 0.1) is 11.3 Å². The molecule has 4 aromatic carbocycles. The van der Waals surface area contributed by atoms with Crippen LogP contribution in [0.25, 0.3) is 22.3 Å². The average Bonchev–Trinajstić information content (AvgIpc) is 3.79. The van der Waals surface area contributed by atoms with Crippen LogP contribution >= 0.6 is 23.2 Å². The van der Waals surface area contributed by atoms with Gasteiger partial charge in [0.1, 0.15) is 0 Å². The van der Waals surface area contributed by atoms with Crippen molar-refractivity contribution < 1.29 is 46.1 Å². The number of halogens is 4. The molecule has 1 atom stereocenters. The Morgan fingerprint density at radius 2 is 1.18 bits per heavy atom. The summed E-state index contributed by atoms with van der Waals surface area (Å²) in [5.74, 6) is 0.416. The van der Waals surface area contributed by atoms with Crippen LogP contribution < -0.4 is 24.8 Å². The SMILES string of the molecule is CCCCC1C=C(C(C)(C)C)C=[C]1[Zr+2](=[C](c1cccc(Cl)c1)c1cccc(Cl)c1)[CH]1c2cc3c(cc2-c2cc4c(cc21)C(C)(C)C=C4C)C(C)=CC3(C)C.[Cl-].[Cl-]. The third-order valence-electron chi connectivity index (χ3n) is 12.6. The van der Waals surface area contributed by atoms with E-state index in [4.69, 9.17) is 23.2 Å². The van der Waals surface area contributed by atoms with Crippen LogP contribution in [0.5, 0.6) is 0 Å². The Kier molecular flexibility index (Phi) is 12.2. The van der Waals surface area contributed by atoms with Crippen LogP contribution in [0.1, 0.15) is 137 Å². The quantitative estimate of drug-likeness (QED) is 0.174. The Bertz CT molecular complexity index is 2280. The number of hydrogen-bond donors (Lipinski definition) is 0. The number of allylic oxidation sites excluding steroid dienone is 8. The molecule has 0 bridgehead atoms. The zero-order chi connectivity index (χ0) is 38.5. The van der Waals surface area contributed by atoms with Crippen molar-refractivity contribution in [3.05, 3.63) is 161 Å². The molecule has 0 radical (unpaired) electrons. The van der Waals surface area contributed by atoms with Gasteiger partial charge in [-0.15, -0.1) is 0 Å². The summed E-state index contributed by atoms with van der Waals surface area (Å²) in [6.45, 7) is 23.7. The number of fused-ring (bicyclic) bond motifs is 5. The van der Waals surface area contributed by atoms with Crippen LogP contribution in [-0.2, 0) is 32.1 Å². The molecule has 0 aliphatic heterocycles. The maximum atomic E-state index is 6.94. The van der Waals surface area contributed by atoms with E-state index >= 15 is 0 Å². The summed E-state index contributed by atoms with van der Waals surface area (Å²) in [5.41, 5.74) is 18.4. The van der Waals surface area contributed by atoms with E-state index in [0.717, 1.165) is 10.0 Å². The molecule has 290 valence electrons. The summed E-state index contributed by atoms with van der Waals surface area (Å²) in [4.78, 5) is 0. The zero-order valence-corrected chi connectivity index (χ0v) is 40.0. The molecule has 0 saturated heterocycles. The molecule has 4 aromatic rings. The van der Waals surface area contributed by atoms with Crippen molar-refractivity contribution in [3.63, 3.8) is 0 Å². The van der Waals surface area contributed by atoms with E-state index in [1.807, 2.05) is 12.1 Å². The van der Waals surface area contributed by atoms with Gasteiger partial charge in [-0.1, -0.05) is 0 Å². The van der Waals surface area contributed by atoms with Crippen molar-refractivity contribution in [2.45, 2.75) is 103 Å². The molecule has 0 saturated carbocycles. The number of rotatable bonds is 7.